The lowest BCUT2D eigenvalue weighted by molar-refractivity contribution is 1.61. The summed E-state index contributed by atoms with van der Waals surface area (Å²) in [7, 11) is 0. The Hall–Kier alpha value is -6.02. The molecule has 10 aromatic rings. The molecule has 1 heterocycles. The van der Waals surface area contributed by atoms with Gasteiger partial charge in [-0.3, -0.25) is 0 Å². The minimum Gasteiger partial charge on any atom is -0.135 e. The van der Waals surface area contributed by atoms with Gasteiger partial charge in [-0.05, 0) is 77.3 Å². The van der Waals surface area contributed by atoms with E-state index in [2.05, 4.69) is 182 Å². The van der Waals surface area contributed by atoms with Crippen LogP contribution in [-0.4, -0.2) is 0 Å². The Morgan fingerprint density at radius 1 is 0.286 bits per heavy atom. The number of hydrogen-bond acceptors (Lipinski definition) is 1. The zero-order valence-corrected chi connectivity index (χ0v) is 27.5. The van der Waals surface area contributed by atoms with Crippen LogP contribution in [0.5, 0.6) is 0 Å². The molecule has 0 fully saturated rings. The molecular weight excluding hydrogens is 609 g/mol. The number of hydrogen-bond donors (Lipinski definition) is 0. The van der Waals surface area contributed by atoms with Gasteiger partial charge in [-0.15, -0.1) is 11.3 Å². The molecule has 228 valence electrons. The lowest BCUT2D eigenvalue weighted by Crippen LogP contribution is -1.94. The maximum absolute atomic E-state index is 2.34. The van der Waals surface area contributed by atoms with Crippen LogP contribution < -0.4 is 0 Å². The molecule has 0 N–H and O–H groups in total. The van der Waals surface area contributed by atoms with Crippen molar-refractivity contribution >= 4 is 63.8 Å². The van der Waals surface area contributed by atoms with Gasteiger partial charge in [0.25, 0.3) is 0 Å². The minimum absolute atomic E-state index is 1.22. The highest BCUT2D eigenvalue weighted by molar-refractivity contribution is 7.26. The van der Waals surface area contributed by atoms with Crippen LogP contribution in [0.1, 0.15) is 0 Å². The van der Waals surface area contributed by atoms with E-state index in [0.29, 0.717) is 0 Å². The smallest absolute Gasteiger partial charge is 0.0434 e. The molecule has 0 saturated carbocycles. The van der Waals surface area contributed by atoms with Crippen molar-refractivity contribution in [2.24, 2.45) is 0 Å². The van der Waals surface area contributed by atoms with Gasteiger partial charge in [0.2, 0.25) is 0 Å². The van der Waals surface area contributed by atoms with Crippen molar-refractivity contribution in [2.75, 3.05) is 0 Å². The van der Waals surface area contributed by atoms with Gasteiger partial charge in [-0.2, -0.15) is 0 Å². The van der Waals surface area contributed by atoms with Crippen molar-refractivity contribution in [3.05, 3.63) is 182 Å². The number of thiophene rings is 1. The van der Waals surface area contributed by atoms with Gasteiger partial charge in [-0.1, -0.05) is 176 Å². The second-order valence-corrected chi connectivity index (χ2v) is 13.8. The van der Waals surface area contributed by atoms with Crippen LogP contribution in [0.25, 0.3) is 97.0 Å². The van der Waals surface area contributed by atoms with Crippen molar-refractivity contribution < 1.29 is 0 Å². The fraction of sp³-hybridized carbons (Fsp3) is 0. The maximum atomic E-state index is 2.34. The highest BCUT2D eigenvalue weighted by Crippen LogP contribution is 2.50. The van der Waals surface area contributed by atoms with Gasteiger partial charge in [0.05, 0.1) is 0 Å². The van der Waals surface area contributed by atoms with E-state index in [1.165, 1.54) is 97.0 Å². The van der Waals surface area contributed by atoms with Crippen LogP contribution >= 0.6 is 11.3 Å². The molecule has 0 aliphatic heterocycles. The van der Waals surface area contributed by atoms with E-state index in [0.717, 1.165) is 0 Å². The zero-order valence-electron chi connectivity index (χ0n) is 26.7. The third-order valence-corrected chi connectivity index (χ3v) is 11.3. The van der Waals surface area contributed by atoms with Crippen LogP contribution in [0.4, 0.5) is 0 Å². The SMILES string of the molecule is c1ccc(-c2ccc(-c3c4ccccc4c(-c4cccc5ccccc45)c4cccc(-c5cccc6c5sc5ccccc56)c34)cc2)cc1. The fourth-order valence-corrected chi connectivity index (χ4v) is 9.14. The average Bonchev–Trinajstić information content (AvgIpc) is 3.56. The van der Waals surface area contributed by atoms with Gasteiger partial charge >= 0.3 is 0 Å². The molecule has 49 heavy (non-hydrogen) atoms. The van der Waals surface area contributed by atoms with Crippen molar-refractivity contribution in [3.63, 3.8) is 0 Å². The molecule has 10 rings (SSSR count). The van der Waals surface area contributed by atoms with E-state index < -0.39 is 0 Å². The molecule has 0 atom stereocenters. The summed E-state index contributed by atoms with van der Waals surface area (Å²) in [5.74, 6) is 0. The highest BCUT2D eigenvalue weighted by Gasteiger charge is 2.22. The fourth-order valence-electron chi connectivity index (χ4n) is 7.91. The Bertz CT molecular complexity index is 2850. The molecular formula is C48H30S. The first-order valence-electron chi connectivity index (χ1n) is 16.9. The van der Waals surface area contributed by atoms with Crippen molar-refractivity contribution in [2.45, 2.75) is 0 Å². The molecule has 0 amide bonds. The van der Waals surface area contributed by atoms with Gasteiger partial charge in [-0.25, -0.2) is 0 Å². The molecule has 0 aliphatic carbocycles. The topological polar surface area (TPSA) is 0 Å². The van der Waals surface area contributed by atoms with Crippen molar-refractivity contribution in [1.82, 2.24) is 0 Å². The Balaban J connectivity index is 1.36. The molecule has 9 aromatic carbocycles. The van der Waals surface area contributed by atoms with Gasteiger partial charge < -0.3 is 0 Å². The number of benzene rings is 9. The molecule has 0 spiro atoms. The molecule has 0 unspecified atom stereocenters. The molecule has 1 heteroatoms. The van der Waals surface area contributed by atoms with Crippen LogP contribution in [0.2, 0.25) is 0 Å². The highest BCUT2D eigenvalue weighted by atomic mass is 32.1. The standard InChI is InChI=1S/C48H30S/c1-2-13-31(14-3-1)32-27-29-34(30-28-32)45-38-19-6-7-20-39(38)46(37-21-10-16-33-15-4-5-17-35(33)37)43-25-11-22-40(47(43)45)42-24-12-23-41-36-18-8-9-26-44(36)49-48(41)42/h1-30H. The van der Waals surface area contributed by atoms with Crippen LogP contribution in [0.3, 0.4) is 0 Å². The van der Waals surface area contributed by atoms with E-state index in [1.807, 2.05) is 11.3 Å². The Labute approximate surface area is 289 Å². The molecule has 0 saturated heterocycles. The first kappa shape index (κ1) is 28.0. The summed E-state index contributed by atoms with van der Waals surface area (Å²) >= 11 is 1.90. The van der Waals surface area contributed by atoms with Crippen LogP contribution in [0, 0.1) is 0 Å². The van der Waals surface area contributed by atoms with Crippen LogP contribution in [0.15, 0.2) is 182 Å². The zero-order chi connectivity index (χ0) is 32.3. The van der Waals surface area contributed by atoms with Crippen LogP contribution in [-0.2, 0) is 0 Å². The Morgan fingerprint density at radius 3 is 1.63 bits per heavy atom. The third kappa shape index (κ3) is 4.44. The summed E-state index contributed by atoms with van der Waals surface area (Å²) in [4.78, 5) is 0. The van der Waals surface area contributed by atoms with E-state index in [-0.39, 0.29) is 0 Å². The van der Waals surface area contributed by atoms with Gasteiger partial charge in [0, 0.05) is 25.7 Å². The lowest BCUT2D eigenvalue weighted by Gasteiger charge is -2.21. The van der Waals surface area contributed by atoms with Gasteiger partial charge in [0.1, 0.15) is 0 Å². The molecule has 0 nitrogen and oxygen atoms in total. The molecule has 0 aliphatic rings. The normalized spacial score (nSPS) is 11.7. The van der Waals surface area contributed by atoms with Crippen molar-refractivity contribution in [1.29, 1.82) is 0 Å². The molecule has 0 radical (unpaired) electrons. The van der Waals surface area contributed by atoms with E-state index >= 15 is 0 Å². The predicted octanol–water partition coefficient (Wildman–Crippen LogP) is 14.2. The van der Waals surface area contributed by atoms with Gasteiger partial charge in [0.15, 0.2) is 0 Å². The predicted molar refractivity (Wildman–Crippen MR) is 214 cm³/mol. The Kier molecular flexibility index (Phi) is 6.47. The summed E-state index contributed by atoms with van der Waals surface area (Å²) in [5.41, 5.74) is 10.1. The Morgan fingerprint density at radius 2 is 0.816 bits per heavy atom. The van der Waals surface area contributed by atoms with E-state index in [1.54, 1.807) is 0 Å². The summed E-state index contributed by atoms with van der Waals surface area (Å²) in [6, 6.07) is 67.0. The maximum Gasteiger partial charge on any atom is 0.0434 e. The summed E-state index contributed by atoms with van der Waals surface area (Å²) in [6.45, 7) is 0. The largest absolute Gasteiger partial charge is 0.135 e. The summed E-state index contributed by atoms with van der Waals surface area (Å²) < 4.78 is 2.66. The third-order valence-electron chi connectivity index (χ3n) is 10.1. The number of fused-ring (bicyclic) bond motifs is 6. The van der Waals surface area contributed by atoms with E-state index in [9.17, 15) is 0 Å². The summed E-state index contributed by atoms with van der Waals surface area (Å²) in [5, 5.41) is 10.3. The minimum atomic E-state index is 1.22. The first-order valence-corrected chi connectivity index (χ1v) is 17.7. The second-order valence-electron chi connectivity index (χ2n) is 12.8. The quantitative estimate of drug-likeness (QED) is 0.168. The molecule has 1 aromatic heterocycles. The van der Waals surface area contributed by atoms with E-state index in [4.69, 9.17) is 0 Å². The van der Waals surface area contributed by atoms with Crippen molar-refractivity contribution in [3.8, 4) is 44.5 Å². The summed E-state index contributed by atoms with van der Waals surface area (Å²) in [6.07, 6.45) is 0. The lowest BCUT2D eigenvalue weighted by atomic mass is 9.82. The average molecular weight is 639 g/mol. The first-order chi connectivity index (χ1) is 24.3. The number of rotatable bonds is 4. The molecule has 0 bridgehead atoms. The second kappa shape index (κ2) is 11.3. The monoisotopic (exact) mass is 638 g/mol.